The maximum absolute atomic E-state index is 11.6. The number of anilines is 3. The minimum atomic E-state index is -3.37. The summed E-state index contributed by atoms with van der Waals surface area (Å²) in [5.74, 6) is 0.532. The lowest BCUT2D eigenvalue weighted by Crippen LogP contribution is -2.09. The summed E-state index contributed by atoms with van der Waals surface area (Å²) in [4.78, 5) is 4.99. The molecule has 32 heavy (non-hydrogen) atoms. The lowest BCUT2D eigenvalue weighted by Gasteiger charge is -2.14. The maximum atomic E-state index is 11.6. The molecule has 0 bridgehead atoms. The van der Waals surface area contributed by atoms with E-state index in [1.807, 2.05) is 24.3 Å². The van der Waals surface area contributed by atoms with Crippen LogP contribution in [0.15, 0.2) is 60.7 Å². The van der Waals surface area contributed by atoms with Gasteiger partial charge in [-0.15, -0.1) is 11.3 Å². The molecule has 0 unspecified atom stereocenters. The lowest BCUT2D eigenvalue weighted by molar-refractivity contribution is 0.417. The van der Waals surface area contributed by atoms with Crippen LogP contribution in [0.25, 0.3) is 31.2 Å². The monoisotopic (exact) mass is 463 g/mol. The second kappa shape index (κ2) is 7.65. The molecular formula is C24H21N3O3S2. The standard InChI is InChI=1S/C24H21N3O3S2/c1-14-6-4-7-17-16(14)13-22-24(26-17)23-19(8-5-9-21(23)31-22)25-18-11-10-15(12-20(18)30-2)27-32(3,28)29/h4-13,25,27H,1-3H3. The highest BCUT2D eigenvalue weighted by atomic mass is 32.2. The van der Waals surface area contributed by atoms with Crippen LogP contribution in [-0.4, -0.2) is 26.8 Å². The number of methoxy groups -OCH3 is 1. The van der Waals surface area contributed by atoms with Crippen LogP contribution in [0.5, 0.6) is 5.75 Å². The van der Waals surface area contributed by atoms with Gasteiger partial charge in [0.15, 0.2) is 0 Å². The van der Waals surface area contributed by atoms with E-state index in [0.717, 1.165) is 48.8 Å². The third-order valence-corrected chi connectivity index (χ3v) is 7.00. The van der Waals surface area contributed by atoms with Crippen molar-refractivity contribution in [2.75, 3.05) is 23.4 Å². The van der Waals surface area contributed by atoms with Gasteiger partial charge in [0.1, 0.15) is 5.75 Å². The minimum Gasteiger partial charge on any atom is -0.494 e. The van der Waals surface area contributed by atoms with Crippen LogP contribution in [0.4, 0.5) is 17.1 Å². The Morgan fingerprint density at radius 3 is 2.56 bits per heavy atom. The fraction of sp³-hybridized carbons (Fsp3) is 0.125. The number of pyridine rings is 1. The lowest BCUT2D eigenvalue weighted by atomic mass is 10.1. The van der Waals surface area contributed by atoms with Gasteiger partial charge >= 0.3 is 0 Å². The Hall–Kier alpha value is -3.36. The zero-order chi connectivity index (χ0) is 22.5. The number of thiophene rings is 1. The fourth-order valence-electron chi connectivity index (χ4n) is 3.88. The van der Waals surface area contributed by atoms with Gasteiger partial charge in [-0.25, -0.2) is 13.4 Å². The van der Waals surface area contributed by atoms with E-state index in [0.29, 0.717) is 11.4 Å². The van der Waals surface area contributed by atoms with E-state index in [-0.39, 0.29) is 0 Å². The van der Waals surface area contributed by atoms with Crippen molar-refractivity contribution in [1.29, 1.82) is 0 Å². The van der Waals surface area contributed by atoms with E-state index in [9.17, 15) is 8.42 Å². The Labute approximate surface area is 189 Å². The highest BCUT2D eigenvalue weighted by molar-refractivity contribution is 7.92. The zero-order valence-electron chi connectivity index (χ0n) is 17.8. The van der Waals surface area contributed by atoms with E-state index >= 15 is 0 Å². The van der Waals surface area contributed by atoms with E-state index in [4.69, 9.17) is 9.72 Å². The highest BCUT2D eigenvalue weighted by Gasteiger charge is 2.14. The molecular weight excluding hydrogens is 442 g/mol. The van der Waals surface area contributed by atoms with Crippen molar-refractivity contribution in [1.82, 2.24) is 4.98 Å². The fourth-order valence-corrected chi connectivity index (χ4v) is 5.55. The molecule has 3 aromatic carbocycles. The Morgan fingerprint density at radius 1 is 0.969 bits per heavy atom. The van der Waals surface area contributed by atoms with Crippen LogP contribution in [0.1, 0.15) is 5.56 Å². The van der Waals surface area contributed by atoms with Crippen molar-refractivity contribution < 1.29 is 13.2 Å². The predicted octanol–water partition coefficient (Wildman–Crippen LogP) is 6.03. The Balaban J connectivity index is 1.64. The molecule has 0 spiro atoms. The van der Waals surface area contributed by atoms with Crippen molar-refractivity contribution in [3.05, 3.63) is 66.2 Å². The first-order chi connectivity index (χ1) is 15.3. The van der Waals surface area contributed by atoms with Gasteiger partial charge in [-0.3, -0.25) is 4.72 Å². The number of ether oxygens (including phenoxy) is 1. The van der Waals surface area contributed by atoms with Gasteiger partial charge in [-0.1, -0.05) is 18.2 Å². The second-order valence-electron chi connectivity index (χ2n) is 7.67. The third kappa shape index (κ3) is 3.72. The molecule has 0 saturated heterocycles. The summed E-state index contributed by atoms with van der Waals surface area (Å²) in [6, 6.07) is 19.7. The first-order valence-corrected chi connectivity index (χ1v) is 12.7. The van der Waals surface area contributed by atoms with Crippen LogP contribution in [0.2, 0.25) is 0 Å². The van der Waals surface area contributed by atoms with Crippen LogP contribution in [0.3, 0.4) is 0 Å². The third-order valence-electron chi connectivity index (χ3n) is 5.30. The van der Waals surface area contributed by atoms with Crippen LogP contribution < -0.4 is 14.8 Å². The van der Waals surface area contributed by atoms with Crippen molar-refractivity contribution in [2.24, 2.45) is 0 Å². The Morgan fingerprint density at radius 2 is 1.78 bits per heavy atom. The molecule has 2 N–H and O–H groups in total. The number of sulfonamides is 1. The van der Waals surface area contributed by atoms with Gasteiger partial charge in [0, 0.05) is 27.2 Å². The molecule has 2 aromatic heterocycles. The van der Waals surface area contributed by atoms with Gasteiger partial charge in [-0.2, -0.15) is 0 Å². The topological polar surface area (TPSA) is 80.3 Å². The predicted molar refractivity (Wildman–Crippen MR) is 134 cm³/mol. The van der Waals surface area contributed by atoms with Gasteiger partial charge in [0.25, 0.3) is 0 Å². The van der Waals surface area contributed by atoms with Crippen molar-refractivity contribution >= 4 is 69.6 Å². The SMILES string of the molecule is COc1cc(NS(C)(=O)=O)ccc1Nc1cccc2sc3cc4c(C)cccc4nc3c12. The van der Waals surface area contributed by atoms with E-state index in [1.165, 1.54) is 5.56 Å². The molecule has 0 saturated carbocycles. The molecule has 5 rings (SSSR count). The number of fused-ring (bicyclic) bond motifs is 4. The molecule has 2 heterocycles. The quantitative estimate of drug-likeness (QED) is 0.332. The Kier molecular flexibility index (Phi) is 4.91. The molecule has 0 aliphatic carbocycles. The summed E-state index contributed by atoms with van der Waals surface area (Å²) < 4.78 is 33.4. The number of benzene rings is 3. The zero-order valence-corrected chi connectivity index (χ0v) is 19.4. The summed E-state index contributed by atoms with van der Waals surface area (Å²) in [7, 11) is -1.82. The van der Waals surface area contributed by atoms with Crippen LogP contribution >= 0.6 is 11.3 Å². The van der Waals surface area contributed by atoms with Crippen molar-refractivity contribution in [3.63, 3.8) is 0 Å². The smallest absolute Gasteiger partial charge is 0.229 e. The van der Waals surface area contributed by atoms with Crippen molar-refractivity contribution in [3.8, 4) is 5.75 Å². The van der Waals surface area contributed by atoms with E-state index in [2.05, 4.69) is 35.2 Å². The van der Waals surface area contributed by atoms with E-state index < -0.39 is 10.0 Å². The molecule has 6 nitrogen and oxygen atoms in total. The van der Waals surface area contributed by atoms with Gasteiger partial charge in [0.2, 0.25) is 10.0 Å². The maximum Gasteiger partial charge on any atom is 0.229 e. The van der Waals surface area contributed by atoms with Gasteiger partial charge < -0.3 is 10.1 Å². The average molecular weight is 464 g/mol. The number of aryl methyl sites for hydroxylation is 1. The Bertz CT molecular complexity index is 1610. The number of nitrogens with zero attached hydrogens (tertiary/aromatic N) is 1. The summed E-state index contributed by atoms with van der Waals surface area (Å²) in [5.41, 5.74) is 5.23. The number of hydrogen-bond donors (Lipinski definition) is 2. The largest absolute Gasteiger partial charge is 0.494 e. The molecule has 0 aliphatic rings. The number of nitrogens with one attached hydrogen (secondary N) is 2. The molecule has 8 heteroatoms. The first kappa shape index (κ1) is 20.5. The van der Waals surface area contributed by atoms with Crippen LogP contribution in [0, 0.1) is 6.92 Å². The molecule has 0 aliphatic heterocycles. The molecule has 5 aromatic rings. The van der Waals surface area contributed by atoms with E-state index in [1.54, 1.807) is 36.6 Å². The first-order valence-electron chi connectivity index (χ1n) is 9.97. The van der Waals surface area contributed by atoms with Crippen LogP contribution in [-0.2, 0) is 10.0 Å². The van der Waals surface area contributed by atoms with Gasteiger partial charge in [-0.05, 0) is 48.9 Å². The average Bonchev–Trinajstić information content (AvgIpc) is 3.11. The number of hydrogen-bond acceptors (Lipinski definition) is 6. The summed E-state index contributed by atoms with van der Waals surface area (Å²) >= 11 is 1.72. The summed E-state index contributed by atoms with van der Waals surface area (Å²) in [6.45, 7) is 2.10. The molecule has 0 amide bonds. The van der Waals surface area contributed by atoms with Crippen molar-refractivity contribution in [2.45, 2.75) is 6.92 Å². The molecule has 0 atom stereocenters. The molecule has 0 fully saturated rings. The summed E-state index contributed by atoms with van der Waals surface area (Å²) in [6.07, 6.45) is 1.12. The summed E-state index contributed by atoms with van der Waals surface area (Å²) in [5, 5.41) is 5.67. The minimum absolute atomic E-state index is 0.442. The second-order valence-corrected chi connectivity index (χ2v) is 10.5. The van der Waals surface area contributed by atoms with Gasteiger partial charge in [0.05, 0.1) is 40.5 Å². The highest BCUT2D eigenvalue weighted by Crippen LogP contribution is 2.41. The molecule has 162 valence electrons. The molecule has 0 radical (unpaired) electrons. The number of aromatic nitrogens is 1. The normalized spacial score (nSPS) is 11.8. The number of rotatable bonds is 5.